The fourth-order valence-electron chi connectivity index (χ4n) is 11.4. The number of fused-ring (bicyclic) bond motifs is 1. The monoisotopic (exact) mass is 1370 g/mol. The molecule has 1 aromatic heterocycles. The van der Waals surface area contributed by atoms with Crippen LogP contribution in [-0.4, -0.2) is 157 Å². The van der Waals surface area contributed by atoms with Gasteiger partial charge in [0.1, 0.15) is 24.4 Å². The van der Waals surface area contributed by atoms with Crippen LogP contribution >= 0.6 is 34.8 Å². The van der Waals surface area contributed by atoms with Gasteiger partial charge in [-0.15, -0.1) is 0 Å². The maximum Gasteiger partial charge on any atom is 0.272 e. The van der Waals surface area contributed by atoms with Crippen molar-refractivity contribution in [3.8, 4) is 22.7 Å². The van der Waals surface area contributed by atoms with E-state index in [-0.39, 0.29) is 98.8 Å². The highest BCUT2D eigenvalue weighted by molar-refractivity contribution is 6.35. The summed E-state index contributed by atoms with van der Waals surface area (Å²) in [6.07, 6.45) is 10.6. The Morgan fingerprint density at radius 3 is 1.89 bits per heavy atom. The van der Waals surface area contributed by atoms with Gasteiger partial charge in [-0.2, -0.15) is 5.10 Å². The molecule has 1 heterocycles. The Morgan fingerprint density at radius 2 is 1.25 bits per heavy atom. The molecule has 4 aromatic carbocycles. The maximum absolute atomic E-state index is 13.4. The molecule has 9 N–H and O–H groups in total. The Kier molecular flexibility index (Phi) is 33.3. The molecule has 25 heteroatoms. The molecule has 3 atom stereocenters. The van der Waals surface area contributed by atoms with Crippen LogP contribution in [0, 0.1) is 6.92 Å². The molecule has 1 aliphatic rings. The zero-order chi connectivity index (χ0) is 68.5. The largest absolute Gasteiger partial charge is 0.508 e. The smallest absolute Gasteiger partial charge is 0.272 e. The molecular weight excluding hydrogens is 1280 g/mol. The summed E-state index contributed by atoms with van der Waals surface area (Å²) in [5.74, 6) is -2.13. The van der Waals surface area contributed by atoms with Crippen molar-refractivity contribution in [1.82, 2.24) is 51.9 Å². The minimum Gasteiger partial charge on any atom is -0.508 e. The zero-order valence-electron chi connectivity index (χ0n) is 55.1. The highest BCUT2D eigenvalue weighted by atomic mass is 35.5. The molecule has 0 bridgehead atoms. The van der Waals surface area contributed by atoms with Crippen LogP contribution in [0.1, 0.15) is 143 Å². The van der Waals surface area contributed by atoms with Crippen LogP contribution in [0.3, 0.4) is 0 Å². The fourth-order valence-corrected chi connectivity index (χ4v) is 12.0. The van der Waals surface area contributed by atoms with Gasteiger partial charge >= 0.3 is 0 Å². The highest BCUT2D eigenvalue weighted by Crippen LogP contribution is 2.34. The average molecular weight is 1370 g/mol. The first-order valence-electron chi connectivity index (χ1n) is 33.1. The number of hydrogen-bond acceptors (Lipinski definition) is 13. The van der Waals surface area contributed by atoms with Crippen molar-refractivity contribution in [2.45, 2.75) is 155 Å². The van der Waals surface area contributed by atoms with E-state index in [0.29, 0.717) is 127 Å². The standard InChI is InChI=1S/C70H94Cl3N11O11/c1-5-39-83(56-28-29-57-52(44-56)15-14-18-62(57)87)40-33-50-19-26-55(27-20-50)81-64(89)32-31-63(88)75-38-41-94-42-43-95-46-65(90)74-34-12-8-16-59(79-48(3)85)69(92)77-37-13-9-17-60(80-49(4)86)68(91)76-35-10-6-7-11-36-78-70(93)66-47(2)67(51-21-23-53(71)24-22-51)84(82-66)61-30-25-54(72)45-58(61)73/h14-15,18-27,30,45,56,59-60,87H,5-13,16-17,28-29,31-44,46H2,1-4H3,(H,74,90)(H,75,88)(H,76,91)(H,77,92)(H,78,93)(H,79,85)(H,80,86)(H,81,89)/t56?,59-,60-/m0/s1. The molecule has 0 spiro atoms. The van der Waals surface area contributed by atoms with E-state index in [0.717, 1.165) is 69.2 Å². The molecule has 22 nitrogen and oxygen atoms in total. The number of anilines is 1. The molecule has 516 valence electrons. The van der Waals surface area contributed by atoms with Crippen molar-refractivity contribution >= 4 is 87.7 Å². The third-order valence-electron chi connectivity index (χ3n) is 16.3. The Balaban J connectivity index is 0.744. The average Bonchev–Trinajstić information content (AvgIpc) is 1.61. The number of aromatic hydroxyl groups is 1. The van der Waals surface area contributed by atoms with Gasteiger partial charge in [0.05, 0.1) is 36.2 Å². The molecule has 0 saturated heterocycles. The van der Waals surface area contributed by atoms with Crippen LogP contribution < -0.4 is 42.5 Å². The van der Waals surface area contributed by atoms with Gasteiger partial charge in [-0.1, -0.05) is 91.0 Å². The van der Waals surface area contributed by atoms with E-state index < -0.39 is 12.1 Å². The predicted octanol–water partition coefficient (Wildman–Crippen LogP) is 8.88. The van der Waals surface area contributed by atoms with Crippen molar-refractivity contribution in [2.75, 3.05) is 77.6 Å². The van der Waals surface area contributed by atoms with Gasteiger partial charge in [-0.05, 0) is 162 Å². The van der Waals surface area contributed by atoms with Gasteiger partial charge in [-0.3, -0.25) is 43.3 Å². The van der Waals surface area contributed by atoms with Crippen molar-refractivity contribution in [1.29, 1.82) is 0 Å². The van der Waals surface area contributed by atoms with E-state index in [2.05, 4.69) is 65.5 Å². The number of benzene rings is 4. The number of phenols is 1. The number of halogens is 3. The number of hydrogen-bond donors (Lipinski definition) is 9. The number of carbonyl (C=O) groups is 8. The summed E-state index contributed by atoms with van der Waals surface area (Å²) in [4.78, 5) is 104. The van der Waals surface area contributed by atoms with Crippen LogP contribution in [0.2, 0.25) is 15.1 Å². The minimum atomic E-state index is -0.779. The summed E-state index contributed by atoms with van der Waals surface area (Å²) in [7, 11) is 0. The Labute approximate surface area is 572 Å². The number of aromatic nitrogens is 2. The lowest BCUT2D eigenvalue weighted by Crippen LogP contribution is -2.47. The lowest BCUT2D eigenvalue weighted by molar-refractivity contribution is -0.128. The lowest BCUT2D eigenvalue weighted by Gasteiger charge is -2.35. The van der Waals surface area contributed by atoms with Crippen molar-refractivity contribution in [2.24, 2.45) is 0 Å². The summed E-state index contributed by atoms with van der Waals surface area (Å²) in [6, 6.07) is 24.9. The summed E-state index contributed by atoms with van der Waals surface area (Å²) in [6.45, 7) is 10.8. The summed E-state index contributed by atoms with van der Waals surface area (Å²) < 4.78 is 12.6. The van der Waals surface area contributed by atoms with Crippen LogP contribution in [0.25, 0.3) is 16.9 Å². The van der Waals surface area contributed by atoms with Gasteiger partial charge in [0.25, 0.3) is 5.91 Å². The van der Waals surface area contributed by atoms with Crippen molar-refractivity contribution in [3.63, 3.8) is 0 Å². The topological polar surface area (TPSA) is 293 Å². The van der Waals surface area contributed by atoms with Crippen LogP contribution in [0.15, 0.2) is 84.9 Å². The molecule has 1 aliphatic carbocycles. The van der Waals surface area contributed by atoms with Gasteiger partial charge < -0.3 is 57.1 Å². The van der Waals surface area contributed by atoms with Crippen molar-refractivity contribution < 1.29 is 52.9 Å². The van der Waals surface area contributed by atoms with Gasteiger partial charge in [0.2, 0.25) is 41.4 Å². The molecule has 0 radical (unpaired) electrons. The lowest BCUT2D eigenvalue weighted by atomic mass is 9.86. The highest BCUT2D eigenvalue weighted by Gasteiger charge is 2.27. The van der Waals surface area contributed by atoms with E-state index in [9.17, 15) is 43.5 Å². The quantitative estimate of drug-likeness (QED) is 0.0165. The first-order chi connectivity index (χ1) is 45.8. The zero-order valence-corrected chi connectivity index (χ0v) is 57.4. The minimum absolute atomic E-state index is 0.0265. The predicted molar refractivity (Wildman–Crippen MR) is 370 cm³/mol. The summed E-state index contributed by atoms with van der Waals surface area (Å²) in [5.41, 5.74) is 7.15. The second kappa shape index (κ2) is 41.4. The van der Waals surface area contributed by atoms with Crippen molar-refractivity contribution in [3.05, 3.63) is 128 Å². The molecule has 6 rings (SSSR count). The van der Waals surface area contributed by atoms with E-state index in [4.69, 9.17) is 44.3 Å². The van der Waals surface area contributed by atoms with E-state index in [1.165, 1.54) is 25.0 Å². The number of nitrogens with zero attached hydrogens (tertiary/aromatic N) is 3. The fraction of sp³-hybridized carbons (Fsp3) is 0.500. The molecule has 1 unspecified atom stereocenters. The Morgan fingerprint density at radius 1 is 0.653 bits per heavy atom. The molecule has 0 fully saturated rings. The van der Waals surface area contributed by atoms with Gasteiger partial charge in [0.15, 0.2) is 5.69 Å². The van der Waals surface area contributed by atoms with Crippen LogP contribution in [0.4, 0.5) is 5.69 Å². The van der Waals surface area contributed by atoms with Crippen LogP contribution in [-0.2, 0) is 62.3 Å². The number of rotatable bonds is 42. The number of amides is 8. The van der Waals surface area contributed by atoms with E-state index in [1.807, 2.05) is 49.4 Å². The molecule has 0 saturated carbocycles. The van der Waals surface area contributed by atoms with Gasteiger partial charge in [0, 0.05) is 98.9 Å². The van der Waals surface area contributed by atoms with Crippen LogP contribution in [0.5, 0.6) is 5.75 Å². The molecule has 5 aromatic rings. The maximum atomic E-state index is 13.4. The number of carbonyl (C=O) groups excluding carboxylic acids is 8. The second-order valence-corrected chi connectivity index (χ2v) is 25.1. The molecule has 8 amide bonds. The Bertz CT molecular complexity index is 3310. The number of nitrogens with one attached hydrogen (secondary N) is 8. The third kappa shape index (κ3) is 26.9. The molecule has 95 heavy (non-hydrogen) atoms. The first-order valence-corrected chi connectivity index (χ1v) is 34.2. The summed E-state index contributed by atoms with van der Waals surface area (Å²) in [5, 5.41) is 38.9. The Hall–Kier alpha value is -7.60. The number of unbranched alkanes of at least 4 members (excludes halogenated alkanes) is 5. The number of phenolic OH excluding ortho intramolecular Hbond substituents is 1. The van der Waals surface area contributed by atoms with Gasteiger partial charge in [-0.25, -0.2) is 4.68 Å². The number of ether oxygens (including phenoxy) is 2. The molecule has 0 aliphatic heterocycles. The summed E-state index contributed by atoms with van der Waals surface area (Å²) >= 11 is 18.9. The van der Waals surface area contributed by atoms with E-state index in [1.54, 1.807) is 41.1 Å². The second-order valence-electron chi connectivity index (χ2n) is 23.8. The first kappa shape index (κ1) is 76.4. The normalized spacial score (nSPS) is 13.2. The molecular formula is C70H94Cl3N11O11. The third-order valence-corrected chi connectivity index (χ3v) is 17.1. The SMILES string of the molecule is CCCN(CCc1ccc(NC(=O)CCC(=O)NCCOCCOCC(=O)NCCCC[C@H](NC(C)=O)C(=O)NCCCC[C@H](NC(C)=O)C(=O)NCCCCCCNC(=O)c2nn(-c3ccc(Cl)cc3Cl)c(-c3ccc(Cl)cc3)c2C)cc1)C1CCc2c(O)cccc2C1. The van der Waals surface area contributed by atoms with E-state index >= 15 is 0 Å².